The number of likely N-dealkylation sites (tertiary alicyclic amines) is 1. The van der Waals surface area contributed by atoms with Crippen LogP contribution in [0, 0.1) is 19.8 Å². The molecule has 7 nitrogen and oxygen atoms in total. The zero-order valence-electron chi connectivity index (χ0n) is 14.8. The minimum atomic E-state index is -0.282. The van der Waals surface area contributed by atoms with Crippen LogP contribution in [-0.4, -0.2) is 45.5 Å². The number of thiophene rings is 1. The molecule has 2 aromatic heterocycles. The van der Waals surface area contributed by atoms with Crippen molar-refractivity contribution in [1.82, 2.24) is 14.9 Å². The van der Waals surface area contributed by atoms with Crippen molar-refractivity contribution >= 4 is 45.1 Å². The van der Waals surface area contributed by atoms with Crippen LogP contribution in [0.4, 0.5) is 0 Å². The molecule has 0 radical (unpaired) electrons. The SMILES string of the molecule is Cc1sc2nc(CSCC(=O)N3CCC(C(N)=O)CC3)[nH]c(=O)c2c1C. The highest BCUT2D eigenvalue weighted by Crippen LogP contribution is 2.26. The van der Waals surface area contributed by atoms with E-state index in [1.807, 2.05) is 13.8 Å². The van der Waals surface area contributed by atoms with Crippen LogP contribution in [0.1, 0.15) is 29.1 Å². The number of H-pyrrole nitrogens is 1. The third-order valence-corrected chi connectivity index (χ3v) is 6.83. The van der Waals surface area contributed by atoms with Crippen molar-refractivity contribution in [2.75, 3.05) is 18.8 Å². The molecular weight excluding hydrogens is 372 g/mol. The van der Waals surface area contributed by atoms with Crippen molar-refractivity contribution in [2.24, 2.45) is 11.7 Å². The maximum atomic E-state index is 12.3. The molecule has 3 N–H and O–H groups in total. The van der Waals surface area contributed by atoms with Crippen molar-refractivity contribution in [3.8, 4) is 0 Å². The highest BCUT2D eigenvalue weighted by Gasteiger charge is 2.25. The highest BCUT2D eigenvalue weighted by atomic mass is 32.2. The Morgan fingerprint density at radius 3 is 2.69 bits per heavy atom. The van der Waals surface area contributed by atoms with Gasteiger partial charge in [-0.15, -0.1) is 23.1 Å². The third kappa shape index (κ3) is 3.93. The van der Waals surface area contributed by atoms with Crippen molar-refractivity contribution in [1.29, 1.82) is 0 Å². The van der Waals surface area contributed by atoms with Gasteiger partial charge in [0.25, 0.3) is 5.56 Å². The van der Waals surface area contributed by atoms with Gasteiger partial charge in [-0.05, 0) is 32.3 Å². The van der Waals surface area contributed by atoms with Gasteiger partial charge in [-0.1, -0.05) is 0 Å². The largest absolute Gasteiger partial charge is 0.369 e. The molecule has 26 heavy (non-hydrogen) atoms. The van der Waals surface area contributed by atoms with Crippen LogP contribution in [0.15, 0.2) is 4.79 Å². The van der Waals surface area contributed by atoms with Gasteiger partial charge in [0.1, 0.15) is 10.7 Å². The lowest BCUT2D eigenvalue weighted by molar-refractivity contribution is -0.132. The van der Waals surface area contributed by atoms with Gasteiger partial charge < -0.3 is 15.6 Å². The number of aryl methyl sites for hydroxylation is 2. The van der Waals surface area contributed by atoms with E-state index in [9.17, 15) is 14.4 Å². The van der Waals surface area contributed by atoms with E-state index < -0.39 is 0 Å². The number of primary amides is 1. The van der Waals surface area contributed by atoms with Crippen molar-refractivity contribution < 1.29 is 9.59 Å². The molecule has 0 bridgehead atoms. The number of nitrogens with one attached hydrogen (secondary N) is 1. The number of nitrogens with zero attached hydrogens (tertiary/aromatic N) is 2. The summed E-state index contributed by atoms with van der Waals surface area (Å²) in [6.07, 6.45) is 1.27. The number of aromatic amines is 1. The maximum absolute atomic E-state index is 12.3. The number of hydrogen-bond acceptors (Lipinski definition) is 6. The second-order valence-corrected chi connectivity index (χ2v) is 8.72. The van der Waals surface area contributed by atoms with E-state index in [1.54, 1.807) is 4.90 Å². The molecule has 0 spiro atoms. The number of rotatable bonds is 5. The Bertz CT molecular complexity index is 897. The summed E-state index contributed by atoms with van der Waals surface area (Å²) in [6.45, 7) is 5.05. The molecule has 2 amide bonds. The number of piperidine rings is 1. The normalized spacial score (nSPS) is 15.5. The van der Waals surface area contributed by atoms with Gasteiger partial charge in [-0.2, -0.15) is 0 Å². The number of carbonyl (C=O) groups is 2. The van der Waals surface area contributed by atoms with Crippen LogP contribution in [0.25, 0.3) is 10.2 Å². The van der Waals surface area contributed by atoms with Crippen LogP contribution >= 0.6 is 23.1 Å². The molecule has 0 aromatic carbocycles. The molecule has 1 saturated heterocycles. The molecule has 0 aliphatic carbocycles. The van der Waals surface area contributed by atoms with Gasteiger partial charge >= 0.3 is 0 Å². The Kier molecular flexibility index (Phi) is 5.67. The Morgan fingerprint density at radius 1 is 1.35 bits per heavy atom. The summed E-state index contributed by atoms with van der Waals surface area (Å²) in [5.74, 6) is 1.04. The van der Waals surface area contributed by atoms with Gasteiger partial charge in [-0.25, -0.2) is 4.98 Å². The van der Waals surface area contributed by atoms with Crippen LogP contribution in [0.2, 0.25) is 0 Å². The summed E-state index contributed by atoms with van der Waals surface area (Å²) in [7, 11) is 0. The molecule has 0 atom stereocenters. The zero-order valence-corrected chi connectivity index (χ0v) is 16.5. The first-order valence-electron chi connectivity index (χ1n) is 8.50. The van der Waals surface area contributed by atoms with E-state index >= 15 is 0 Å². The fourth-order valence-corrected chi connectivity index (χ4v) is 4.95. The number of thioether (sulfide) groups is 1. The summed E-state index contributed by atoms with van der Waals surface area (Å²) in [6, 6.07) is 0. The smallest absolute Gasteiger partial charge is 0.259 e. The summed E-state index contributed by atoms with van der Waals surface area (Å²) in [5, 5.41) is 0.662. The highest BCUT2D eigenvalue weighted by molar-refractivity contribution is 7.99. The zero-order chi connectivity index (χ0) is 18.8. The number of fused-ring (bicyclic) bond motifs is 1. The lowest BCUT2D eigenvalue weighted by Crippen LogP contribution is -2.42. The van der Waals surface area contributed by atoms with E-state index in [1.165, 1.54) is 23.1 Å². The summed E-state index contributed by atoms with van der Waals surface area (Å²) >= 11 is 2.95. The second kappa shape index (κ2) is 7.79. The Morgan fingerprint density at radius 2 is 2.04 bits per heavy atom. The Hall–Kier alpha value is -1.87. The topological polar surface area (TPSA) is 109 Å². The molecule has 1 fully saturated rings. The standard InChI is InChI=1S/C17H22N4O3S2/c1-9-10(2)26-17-14(9)16(24)19-12(20-17)7-25-8-13(22)21-5-3-11(4-6-21)15(18)23/h11H,3-8H2,1-2H3,(H2,18,23)(H,19,20,24). The molecule has 1 aliphatic rings. The lowest BCUT2D eigenvalue weighted by Gasteiger charge is -2.30. The minimum Gasteiger partial charge on any atom is -0.369 e. The average Bonchev–Trinajstić information content (AvgIpc) is 2.89. The number of amides is 2. The molecule has 9 heteroatoms. The van der Waals surface area contributed by atoms with E-state index in [4.69, 9.17) is 5.73 Å². The van der Waals surface area contributed by atoms with E-state index in [0.717, 1.165) is 15.3 Å². The van der Waals surface area contributed by atoms with Crippen molar-refractivity contribution in [3.63, 3.8) is 0 Å². The molecule has 0 saturated carbocycles. The fraction of sp³-hybridized carbons (Fsp3) is 0.529. The molecule has 3 rings (SSSR count). The number of carbonyl (C=O) groups excluding carboxylic acids is 2. The maximum Gasteiger partial charge on any atom is 0.259 e. The molecule has 2 aromatic rings. The predicted octanol–water partition coefficient (Wildman–Crippen LogP) is 1.56. The predicted molar refractivity (Wildman–Crippen MR) is 104 cm³/mol. The molecule has 0 unspecified atom stereocenters. The van der Waals surface area contributed by atoms with Gasteiger partial charge in [-0.3, -0.25) is 14.4 Å². The average molecular weight is 395 g/mol. The van der Waals surface area contributed by atoms with E-state index in [-0.39, 0.29) is 23.3 Å². The van der Waals surface area contributed by atoms with E-state index in [2.05, 4.69) is 9.97 Å². The second-order valence-electron chi connectivity index (χ2n) is 6.53. The number of nitrogens with two attached hydrogens (primary N) is 1. The Labute approximate surface area is 159 Å². The molecule has 3 heterocycles. The summed E-state index contributed by atoms with van der Waals surface area (Å²) in [4.78, 5) is 46.7. The number of hydrogen-bond donors (Lipinski definition) is 2. The fourth-order valence-electron chi connectivity index (χ4n) is 3.11. The van der Waals surface area contributed by atoms with E-state index in [0.29, 0.717) is 48.6 Å². The van der Waals surface area contributed by atoms with Crippen LogP contribution in [-0.2, 0) is 15.3 Å². The minimum absolute atomic E-state index is 0.0455. The monoisotopic (exact) mass is 394 g/mol. The number of aromatic nitrogens is 2. The van der Waals surface area contributed by atoms with Crippen LogP contribution < -0.4 is 11.3 Å². The third-order valence-electron chi connectivity index (χ3n) is 4.80. The van der Waals surface area contributed by atoms with Gasteiger partial charge in [0.05, 0.1) is 16.9 Å². The van der Waals surface area contributed by atoms with Gasteiger partial charge in [0, 0.05) is 23.9 Å². The first-order valence-corrected chi connectivity index (χ1v) is 10.5. The molecule has 140 valence electrons. The first kappa shape index (κ1) is 18.9. The van der Waals surface area contributed by atoms with Gasteiger partial charge in [0.15, 0.2) is 0 Å². The molecular formula is C17H22N4O3S2. The van der Waals surface area contributed by atoms with Gasteiger partial charge in [0.2, 0.25) is 11.8 Å². The summed E-state index contributed by atoms with van der Waals surface area (Å²) in [5.41, 5.74) is 6.18. The van der Waals surface area contributed by atoms with Crippen LogP contribution in [0.3, 0.4) is 0 Å². The summed E-state index contributed by atoms with van der Waals surface area (Å²) < 4.78 is 0. The van der Waals surface area contributed by atoms with Crippen molar-refractivity contribution in [3.05, 3.63) is 26.6 Å². The molecule has 1 aliphatic heterocycles. The quantitative estimate of drug-likeness (QED) is 0.800. The lowest BCUT2D eigenvalue weighted by atomic mass is 9.96. The first-order chi connectivity index (χ1) is 12.4. The Balaban J connectivity index is 1.55. The van der Waals surface area contributed by atoms with Crippen LogP contribution in [0.5, 0.6) is 0 Å². The van der Waals surface area contributed by atoms with Crippen molar-refractivity contribution in [2.45, 2.75) is 32.4 Å².